The molecule has 0 aliphatic heterocycles. The Kier molecular flexibility index (Phi) is 2.75. The van der Waals surface area contributed by atoms with Gasteiger partial charge in [0.15, 0.2) is 4.21 Å². The van der Waals surface area contributed by atoms with Gasteiger partial charge in [-0.25, -0.2) is 13.6 Å². The minimum Gasteiger partial charge on any atom is -0.322 e. The minimum atomic E-state index is -3.95. The van der Waals surface area contributed by atoms with Crippen LogP contribution in [-0.2, 0) is 10.0 Å². The van der Waals surface area contributed by atoms with Crippen molar-refractivity contribution in [3.05, 3.63) is 23.3 Å². The van der Waals surface area contributed by atoms with Crippen LogP contribution in [0, 0.1) is 0 Å². The summed E-state index contributed by atoms with van der Waals surface area (Å²) in [6, 6.07) is -0.943. The highest BCUT2D eigenvalue weighted by Gasteiger charge is 2.43. The quantitative estimate of drug-likeness (QED) is 0.646. The van der Waals surface area contributed by atoms with Crippen LogP contribution < -0.4 is 10.9 Å². The van der Waals surface area contributed by atoms with Crippen LogP contribution in [0.3, 0.4) is 0 Å². The molecule has 0 aromatic carbocycles. The second-order valence-corrected chi connectivity index (χ2v) is 5.70. The van der Waals surface area contributed by atoms with E-state index in [1.54, 1.807) is 0 Å². The van der Waals surface area contributed by atoms with E-state index < -0.39 is 20.3 Å². The van der Waals surface area contributed by atoms with E-state index in [2.05, 4.69) is 0 Å². The molecule has 4 nitrogen and oxygen atoms in total. The van der Waals surface area contributed by atoms with E-state index >= 15 is 0 Å². The van der Waals surface area contributed by atoms with Crippen molar-refractivity contribution in [3.63, 3.8) is 0 Å². The van der Waals surface area contributed by atoms with Gasteiger partial charge in [0.05, 0.1) is 6.04 Å². The van der Waals surface area contributed by atoms with Crippen LogP contribution >= 0.6 is 23.2 Å². The third kappa shape index (κ3) is 1.89. The second-order valence-electron chi connectivity index (χ2n) is 2.65. The second kappa shape index (κ2) is 3.25. The monoisotopic (exact) mass is 242 g/mol. The lowest BCUT2D eigenvalue weighted by Gasteiger charge is -2.27. The van der Waals surface area contributed by atoms with Crippen LogP contribution in [0.15, 0.2) is 23.3 Å². The molecule has 1 aliphatic carbocycles. The zero-order valence-corrected chi connectivity index (χ0v) is 8.77. The third-order valence-corrected chi connectivity index (χ3v) is 4.25. The molecule has 13 heavy (non-hydrogen) atoms. The van der Waals surface area contributed by atoms with Gasteiger partial charge in [0.25, 0.3) is 0 Å². The predicted octanol–water partition coefficient (Wildman–Crippen LogP) is 0.230. The number of allylic oxidation sites excluding steroid dienone is 2. The topological polar surface area (TPSA) is 86.2 Å². The summed E-state index contributed by atoms with van der Waals surface area (Å²) >= 11 is 11.3. The Morgan fingerprint density at radius 1 is 1.54 bits per heavy atom. The summed E-state index contributed by atoms with van der Waals surface area (Å²) in [4.78, 5) is 0. The molecule has 0 aromatic rings. The predicted molar refractivity (Wildman–Crippen MR) is 52.7 cm³/mol. The molecule has 0 saturated carbocycles. The summed E-state index contributed by atoms with van der Waals surface area (Å²) in [5.41, 5.74) is 5.49. The van der Waals surface area contributed by atoms with Crippen LogP contribution in [0.25, 0.3) is 0 Å². The first-order chi connectivity index (χ1) is 5.77. The van der Waals surface area contributed by atoms with Crippen molar-refractivity contribution in [3.8, 4) is 0 Å². The van der Waals surface area contributed by atoms with Gasteiger partial charge in [-0.1, -0.05) is 23.2 Å². The zero-order chi connectivity index (χ0) is 10.3. The molecule has 74 valence electrons. The molecule has 0 fully saturated rings. The summed E-state index contributed by atoms with van der Waals surface area (Å²) in [6.45, 7) is 0. The minimum absolute atomic E-state index is 0.340. The maximum absolute atomic E-state index is 11.1. The van der Waals surface area contributed by atoms with E-state index in [9.17, 15) is 8.42 Å². The number of hydrogen-bond donors (Lipinski definition) is 2. The molecular formula is C6H8Cl2N2O2S. The molecule has 0 amide bonds. The number of nitrogens with two attached hydrogens (primary N) is 2. The van der Waals surface area contributed by atoms with Gasteiger partial charge in [-0.2, -0.15) is 0 Å². The van der Waals surface area contributed by atoms with Crippen LogP contribution in [0.1, 0.15) is 0 Å². The molecule has 2 atom stereocenters. The highest BCUT2D eigenvalue weighted by molar-refractivity contribution is 7.92. The van der Waals surface area contributed by atoms with Gasteiger partial charge in [-0.15, -0.1) is 0 Å². The van der Waals surface area contributed by atoms with Crippen molar-refractivity contribution in [2.45, 2.75) is 10.2 Å². The van der Waals surface area contributed by atoms with Gasteiger partial charge >= 0.3 is 0 Å². The Morgan fingerprint density at radius 2 is 2.08 bits per heavy atom. The molecule has 0 radical (unpaired) electrons. The highest BCUT2D eigenvalue weighted by Crippen LogP contribution is 2.31. The molecule has 2 unspecified atom stereocenters. The van der Waals surface area contributed by atoms with Gasteiger partial charge in [0.2, 0.25) is 10.0 Å². The Hall–Kier alpha value is -0.0700. The molecular weight excluding hydrogens is 235 g/mol. The van der Waals surface area contributed by atoms with Crippen molar-refractivity contribution in [2.75, 3.05) is 0 Å². The lowest BCUT2D eigenvalue weighted by Crippen LogP contribution is -2.51. The maximum Gasteiger partial charge on any atom is 0.234 e. The first kappa shape index (κ1) is 11.0. The third-order valence-electron chi connectivity index (χ3n) is 1.70. The fourth-order valence-electron chi connectivity index (χ4n) is 0.930. The van der Waals surface area contributed by atoms with Crippen molar-refractivity contribution in [2.24, 2.45) is 10.9 Å². The van der Waals surface area contributed by atoms with Crippen LogP contribution in [0.5, 0.6) is 0 Å². The average molecular weight is 243 g/mol. The Labute approximate surface area is 86.2 Å². The summed E-state index contributed by atoms with van der Waals surface area (Å²) in [7, 11) is -3.95. The molecule has 4 N–H and O–H groups in total. The van der Waals surface area contributed by atoms with Crippen molar-refractivity contribution in [1.29, 1.82) is 0 Å². The zero-order valence-electron chi connectivity index (χ0n) is 6.44. The van der Waals surface area contributed by atoms with E-state index in [-0.39, 0.29) is 0 Å². The molecule has 1 aliphatic rings. The molecule has 1 rings (SSSR count). The number of rotatable bonds is 1. The SMILES string of the molecule is NC1C=C(Cl)C=CC1(Cl)S(N)(=O)=O. The van der Waals surface area contributed by atoms with Crippen LogP contribution in [0.2, 0.25) is 0 Å². The van der Waals surface area contributed by atoms with E-state index in [1.807, 2.05) is 0 Å². The Balaban J connectivity index is 3.18. The standard InChI is InChI=1S/C6H8Cl2N2O2S/c7-4-1-2-6(8,5(9)3-4)13(10,11)12/h1-3,5H,9H2,(H2,10,11,12). The maximum atomic E-state index is 11.1. The molecule has 0 saturated heterocycles. The normalized spacial score (nSPS) is 34.5. The molecule has 0 heterocycles. The number of sulfonamides is 1. The van der Waals surface area contributed by atoms with Crippen LogP contribution in [-0.4, -0.2) is 18.7 Å². The summed E-state index contributed by atoms with van der Waals surface area (Å²) < 4.78 is 20.3. The van der Waals surface area contributed by atoms with Crippen LogP contribution in [0.4, 0.5) is 0 Å². The van der Waals surface area contributed by atoms with Gasteiger partial charge < -0.3 is 5.73 Å². The summed E-state index contributed by atoms with van der Waals surface area (Å²) in [5.74, 6) is 0. The molecule has 7 heteroatoms. The van der Waals surface area contributed by atoms with E-state index in [1.165, 1.54) is 18.2 Å². The largest absolute Gasteiger partial charge is 0.322 e. The Bertz CT molecular complexity index is 376. The first-order valence-corrected chi connectivity index (χ1v) is 5.61. The molecule has 0 aromatic heterocycles. The first-order valence-electron chi connectivity index (χ1n) is 3.31. The fourth-order valence-corrected chi connectivity index (χ4v) is 1.96. The molecule has 0 spiro atoms. The smallest absolute Gasteiger partial charge is 0.234 e. The number of alkyl halides is 1. The van der Waals surface area contributed by atoms with Gasteiger partial charge in [-0.05, 0) is 18.2 Å². The van der Waals surface area contributed by atoms with Crippen molar-refractivity contribution in [1.82, 2.24) is 0 Å². The molecule has 0 bridgehead atoms. The summed E-state index contributed by atoms with van der Waals surface area (Å²) in [5, 5.41) is 5.26. The fraction of sp³-hybridized carbons (Fsp3) is 0.333. The lowest BCUT2D eigenvalue weighted by atomic mass is 10.1. The van der Waals surface area contributed by atoms with Crippen molar-refractivity contribution < 1.29 is 8.42 Å². The van der Waals surface area contributed by atoms with Crippen molar-refractivity contribution >= 4 is 33.2 Å². The van der Waals surface area contributed by atoms with Gasteiger partial charge in [-0.3, -0.25) is 0 Å². The van der Waals surface area contributed by atoms with E-state index in [4.69, 9.17) is 34.1 Å². The van der Waals surface area contributed by atoms with E-state index in [0.717, 1.165) is 0 Å². The van der Waals surface area contributed by atoms with Gasteiger partial charge in [0, 0.05) is 5.03 Å². The average Bonchev–Trinajstić information content (AvgIpc) is 1.95. The van der Waals surface area contributed by atoms with E-state index in [0.29, 0.717) is 5.03 Å². The number of primary sulfonamides is 1. The summed E-state index contributed by atoms with van der Waals surface area (Å²) in [6.07, 6.45) is 3.86. The Morgan fingerprint density at radius 3 is 2.46 bits per heavy atom. The lowest BCUT2D eigenvalue weighted by molar-refractivity contribution is 0.574. The number of hydrogen-bond acceptors (Lipinski definition) is 3. The van der Waals surface area contributed by atoms with Gasteiger partial charge in [0.1, 0.15) is 0 Å². The highest BCUT2D eigenvalue weighted by atomic mass is 35.5. The number of halogens is 2.